The zero-order chi connectivity index (χ0) is 32.6. The summed E-state index contributed by atoms with van der Waals surface area (Å²) in [6.07, 6.45) is -19.2. The van der Waals surface area contributed by atoms with Crippen LogP contribution in [0.1, 0.15) is 41.5 Å². The predicted octanol–water partition coefficient (Wildman–Crippen LogP) is -1.91. The Morgan fingerprint density at radius 3 is 1.47 bits per heavy atom. The summed E-state index contributed by atoms with van der Waals surface area (Å²) in [4.78, 5) is 82.9. The van der Waals surface area contributed by atoms with Gasteiger partial charge >= 0.3 is 41.9 Å². The second kappa shape index (κ2) is 15.4. The van der Waals surface area contributed by atoms with Crippen LogP contribution in [0.5, 0.6) is 0 Å². The summed E-state index contributed by atoms with van der Waals surface area (Å²) >= 11 is 0. The van der Waals surface area contributed by atoms with E-state index in [1.807, 2.05) is 0 Å². The molecule has 0 saturated carbocycles. The number of ether oxygens (including phenoxy) is 10. The molecule has 2 aliphatic rings. The highest BCUT2D eigenvalue weighted by atomic mass is 16.8. The molecule has 0 aliphatic carbocycles. The lowest BCUT2D eigenvalue weighted by atomic mass is 9.97. The molecule has 3 N–H and O–H groups in total. The van der Waals surface area contributed by atoms with E-state index in [1.165, 1.54) is 0 Å². The number of nitrogens with two attached hydrogens (primary N) is 1. The Kier molecular flexibility index (Phi) is 12.6. The number of carbonyl (C=O) groups excluding carboxylic acids is 7. The van der Waals surface area contributed by atoms with Gasteiger partial charge in [-0.25, -0.2) is 4.79 Å². The first kappa shape index (κ1) is 35.1. The molecule has 2 rings (SSSR count). The maximum atomic E-state index is 12.1. The molecule has 1 amide bonds. The van der Waals surface area contributed by atoms with Crippen LogP contribution in [0.15, 0.2) is 0 Å². The molecule has 2 heterocycles. The first-order valence-electron chi connectivity index (χ1n) is 12.6. The average molecular weight is 624 g/mol. The van der Waals surface area contributed by atoms with Gasteiger partial charge in [0.15, 0.2) is 36.8 Å². The third-order valence-corrected chi connectivity index (χ3v) is 5.55. The molecule has 2 saturated heterocycles. The van der Waals surface area contributed by atoms with Crippen LogP contribution in [0.2, 0.25) is 0 Å². The minimum absolute atomic E-state index is 0.558. The maximum absolute atomic E-state index is 12.1. The monoisotopic (exact) mass is 623 g/mol. The van der Waals surface area contributed by atoms with E-state index in [4.69, 9.17) is 53.1 Å². The number of amides is 1. The van der Waals surface area contributed by atoms with E-state index in [9.17, 15) is 38.7 Å². The van der Waals surface area contributed by atoms with Gasteiger partial charge in [-0.15, -0.1) is 0 Å². The van der Waals surface area contributed by atoms with Crippen molar-refractivity contribution < 1.29 is 86.0 Å². The molecule has 0 aromatic carbocycles. The minimum Gasteiger partial charge on any atom is -0.463 e. The Hall–Kier alpha value is -4.07. The van der Waals surface area contributed by atoms with E-state index >= 15 is 0 Å². The van der Waals surface area contributed by atoms with E-state index in [1.54, 1.807) is 0 Å². The Balaban J connectivity index is 2.59. The van der Waals surface area contributed by atoms with Crippen molar-refractivity contribution in [2.24, 2.45) is 5.73 Å². The van der Waals surface area contributed by atoms with E-state index < -0.39 is 110 Å². The second-order valence-corrected chi connectivity index (χ2v) is 9.15. The molecule has 19 heteroatoms. The molecule has 0 bridgehead atoms. The smallest absolute Gasteiger partial charge is 0.405 e. The fraction of sp³-hybridized carbons (Fsp3) is 0.708. The van der Waals surface area contributed by atoms with Gasteiger partial charge in [0.05, 0.1) is 0 Å². The number of primary amides is 1. The molecule has 10 unspecified atom stereocenters. The molecule has 2 aliphatic heterocycles. The molecular weight excluding hydrogens is 590 g/mol. The zero-order valence-corrected chi connectivity index (χ0v) is 23.9. The number of esters is 6. The van der Waals surface area contributed by atoms with Crippen LogP contribution in [-0.4, -0.2) is 115 Å². The van der Waals surface area contributed by atoms with Crippen molar-refractivity contribution in [2.45, 2.75) is 103 Å². The van der Waals surface area contributed by atoms with Gasteiger partial charge in [-0.2, -0.15) is 0 Å². The van der Waals surface area contributed by atoms with E-state index in [0.29, 0.717) is 0 Å². The summed E-state index contributed by atoms with van der Waals surface area (Å²) in [6, 6.07) is 0. The van der Waals surface area contributed by atoms with Crippen molar-refractivity contribution in [3.05, 3.63) is 0 Å². The molecule has 0 radical (unpaired) electrons. The standard InChI is InChI=1S/C24H33NO18/c1-8(26)34-7-14-15(35-9(2)27)16(36-10(3)28)18(21(32)40-14)41-23-20(38-12(5)30)17(42-24(25)33)19(37-11(4)29)22(43-23)39-13(6)31/h14-23,32H,7H2,1-6H3,(H2,25,33). The predicted molar refractivity (Wildman–Crippen MR) is 129 cm³/mol. The van der Waals surface area contributed by atoms with Gasteiger partial charge in [-0.05, 0) is 0 Å². The molecule has 242 valence electrons. The van der Waals surface area contributed by atoms with Gasteiger partial charge in [0.1, 0.15) is 12.7 Å². The number of aliphatic hydroxyl groups excluding tert-OH is 1. The summed E-state index contributed by atoms with van der Waals surface area (Å²) in [5, 5.41) is 10.9. The van der Waals surface area contributed by atoms with Crippen LogP contribution < -0.4 is 5.73 Å². The summed E-state index contributed by atoms with van der Waals surface area (Å²) < 4.78 is 52.8. The highest BCUT2D eigenvalue weighted by molar-refractivity contribution is 5.69. The van der Waals surface area contributed by atoms with Crippen molar-refractivity contribution in [3.8, 4) is 0 Å². The number of hydrogen-bond donors (Lipinski definition) is 2. The lowest BCUT2D eigenvalue weighted by Gasteiger charge is -2.47. The molecule has 10 atom stereocenters. The fourth-order valence-corrected chi connectivity index (χ4v) is 4.24. The Morgan fingerprint density at radius 2 is 1.00 bits per heavy atom. The van der Waals surface area contributed by atoms with Crippen LogP contribution in [0, 0.1) is 0 Å². The topological polar surface area (TPSA) is 258 Å². The summed E-state index contributed by atoms with van der Waals surface area (Å²) in [5.41, 5.74) is 5.18. The largest absolute Gasteiger partial charge is 0.463 e. The molecule has 2 fully saturated rings. The van der Waals surface area contributed by atoms with Gasteiger partial charge in [0.25, 0.3) is 0 Å². The van der Waals surface area contributed by atoms with Crippen molar-refractivity contribution in [1.29, 1.82) is 0 Å². The van der Waals surface area contributed by atoms with Gasteiger partial charge in [-0.1, -0.05) is 0 Å². The normalized spacial score (nSPS) is 31.9. The zero-order valence-electron chi connectivity index (χ0n) is 23.9. The minimum atomic E-state index is -2.04. The third kappa shape index (κ3) is 10.3. The summed E-state index contributed by atoms with van der Waals surface area (Å²) in [6.45, 7) is 5.41. The van der Waals surface area contributed by atoms with Gasteiger partial charge in [0.2, 0.25) is 18.7 Å². The van der Waals surface area contributed by atoms with Gasteiger partial charge < -0.3 is 58.2 Å². The lowest BCUT2D eigenvalue weighted by molar-refractivity contribution is -0.381. The van der Waals surface area contributed by atoms with Crippen molar-refractivity contribution >= 4 is 41.9 Å². The SMILES string of the molecule is CC(=O)OCC1OC(O)C(OC2OC(OC(C)=O)C(OC(C)=O)C(OC(N)=O)C2OC(C)=O)C(OC(C)=O)C1OC(C)=O. The first-order chi connectivity index (χ1) is 20.0. The van der Waals surface area contributed by atoms with Crippen LogP contribution in [0.4, 0.5) is 4.79 Å². The Labute approximate surface area is 244 Å². The number of rotatable bonds is 10. The number of hydrogen-bond acceptors (Lipinski definition) is 18. The van der Waals surface area contributed by atoms with Gasteiger partial charge in [-0.3, -0.25) is 28.8 Å². The maximum Gasteiger partial charge on any atom is 0.405 e. The van der Waals surface area contributed by atoms with Crippen LogP contribution in [-0.2, 0) is 76.1 Å². The summed E-state index contributed by atoms with van der Waals surface area (Å²) in [7, 11) is 0. The molecular formula is C24H33NO18. The third-order valence-electron chi connectivity index (χ3n) is 5.55. The van der Waals surface area contributed by atoms with Crippen molar-refractivity contribution in [2.75, 3.05) is 6.61 Å². The second-order valence-electron chi connectivity index (χ2n) is 9.15. The molecule has 19 nitrogen and oxygen atoms in total. The van der Waals surface area contributed by atoms with Crippen LogP contribution in [0.3, 0.4) is 0 Å². The highest BCUT2D eigenvalue weighted by Crippen LogP contribution is 2.34. The van der Waals surface area contributed by atoms with Crippen molar-refractivity contribution in [3.63, 3.8) is 0 Å². The molecule has 0 spiro atoms. The van der Waals surface area contributed by atoms with E-state index in [0.717, 1.165) is 41.5 Å². The number of carbonyl (C=O) groups is 7. The Bertz CT molecular complexity index is 1080. The van der Waals surface area contributed by atoms with Crippen LogP contribution in [0.25, 0.3) is 0 Å². The lowest BCUT2D eigenvalue weighted by Crippen LogP contribution is -2.67. The fourth-order valence-electron chi connectivity index (χ4n) is 4.24. The molecule has 43 heavy (non-hydrogen) atoms. The van der Waals surface area contributed by atoms with Crippen LogP contribution >= 0.6 is 0 Å². The average Bonchev–Trinajstić information content (AvgIpc) is 2.84. The molecule has 0 aromatic rings. The van der Waals surface area contributed by atoms with Gasteiger partial charge in [0, 0.05) is 41.5 Å². The summed E-state index contributed by atoms with van der Waals surface area (Å²) in [5.74, 6) is -5.51. The van der Waals surface area contributed by atoms with E-state index in [2.05, 4.69) is 0 Å². The highest BCUT2D eigenvalue weighted by Gasteiger charge is 2.58. The Morgan fingerprint density at radius 1 is 0.558 bits per heavy atom. The first-order valence-corrected chi connectivity index (χ1v) is 12.6. The number of aliphatic hydroxyl groups is 1. The van der Waals surface area contributed by atoms with E-state index in [-0.39, 0.29) is 0 Å². The van der Waals surface area contributed by atoms with Crippen molar-refractivity contribution in [1.82, 2.24) is 0 Å². The molecule has 0 aromatic heterocycles. The quantitative estimate of drug-likeness (QED) is 0.199.